The van der Waals surface area contributed by atoms with Crippen LogP contribution in [0.3, 0.4) is 0 Å². The topological polar surface area (TPSA) is 88.0 Å². The number of amidine groups is 1. The molecule has 8 heteroatoms. The third-order valence-corrected chi connectivity index (χ3v) is 5.86. The Morgan fingerprint density at radius 1 is 1.10 bits per heavy atom. The van der Waals surface area contributed by atoms with Gasteiger partial charge in [-0.1, -0.05) is 6.07 Å². The van der Waals surface area contributed by atoms with Gasteiger partial charge in [0.1, 0.15) is 5.75 Å². The molecule has 0 atom stereocenters. The fourth-order valence-electron chi connectivity index (χ4n) is 2.83. The van der Waals surface area contributed by atoms with Crippen molar-refractivity contribution in [1.82, 2.24) is 0 Å². The molecule has 0 unspecified atom stereocenters. The number of hydrogen-bond donors (Lipinski definition) is 2. The van der Waals surface area contributed by atoms with E-state index in [0.717, 1.165) is 62.6 Å². The number of aliphatic carboxylic acids is 1. The number of benzene rings is 3. The number of nitrogens with zero attached hydrogens (tertiary/aromatic N) is 1. The molecular weight excluding hydrogens is 423 g/mol. The number of fused-ring (bicyclic) bond motifs is 1. The predicted octanol–water partition coefficient (Wildman–Crippen LogP) is 3.82. The first kappa shape index (κ1) is 23.1. The Morgan fingerprint density at radius 3 is 2.42 bits per heavy atom. The Labute approximate surface area is 201 Å². The van der Waals surface area contributed by atoms with E-state index in [1.807, 2.05) is 48.5 Å². The summed E-state index contributed by atoms with van der Waals surface area (Å²) in [7, 11) is 1.66. The number of amides is 1. The van der Waals surface area contributed by atoms with Gasteiger partial charge in [0.2, 0.25) is 0 Å². The van der Waals surface area contributed by atoms with Crippen molar-refractivity contribution in [2.24, 2.45) is 4.99 Å². The molecule has 3 aromatic rings. The fraction of sp³-hybridized carbons (Fsp3) is 0.0870. The number of nitrogens with one attached hydrogen (secondary N) is 1. The maximum atomic E-state index is 12.3. The summed E-state index contributed by atoms with van der Waals surface area (Å²) in [5.74, 6) is -0.213. The van der Waals surface area contributed by atoms with Gasteiger partial charge in [-0.25, -0.2) is 0 Å². The van der Waals surface area contributed by atoms with Gasteiger partial charge in [0.15, 0.2) is 0 Å². The molecule has 4 rings (SSSR count). The van der Waals surface area contributed by atoms with E-state index in [0.29, 0.717) is 10.1 Å². The number of thioether (sulfide) groups is 1. The number of anilines is 1. The summed E-state index contributed by atoms with van der Waals surface area (Å²) in [5.41, 5.74) is 1.91. The minimum atomic E-state index is -0.833. The summed E-state index contributed by atoms with van der Waals surface area (Å²) in [6.07, 6.45) is 1.88. The van der Waals surface area contributed by atoms with Crippen molar-refractivity contribution >= 4 is 82.1 Å². The van der Waals surface area contributed by atoms with Crippen LogP contribution in [0, 0.1) is 0 Å². The summed E-state index contributed by atoms with van der Waals surface area (Å²) in [5, 5.41) is 13.4. The molecule has 0 spiro atoms. The standard InChI is InChI=1S/C21H15N2O2S.C2H4O2.Na/c1-25-18-10-9-15-11-14(7-8-16(15)13-18)12-19-20(24)23-21(26-19)22-17-5-3-2-4-6-17;1-2(3)4;/h3-13H,1H3,(H,22,23,24);1H3,(H,3,4);/b19-12-;;. The first-order chi connectivity index (χ1) is 14.8. The number of carbonyl (C=O) groups is 2. The molecule has 0 radical (unpaired) electrons. The van der Waals surface area contributed by atoms with Crippen LogP contribution in [0.15, 0.2) is 70.6 Å². The second-order valence-electron chi connectivity index (χ2n) is 6.82. The van der Waals surface area contributed by atoms with Crippen molar-refractivity contribution in [2.75, 3.05) is 12.4 Å². The van der Waals surface area contributed by atoms with Crippen molar-refractivity contribution < 1.29 is 19.4 Å². The molecule has 0 bridgehead atoms. The van der Waals surface area contributed by atoms with Crippen LogP contribution >= 0.6 is 11.8 Å². The Balaban J connectivity index is 0.000000628. The normalized spacial score (nSPS) is 14.1. The van der Waals surface area contributed by atoms with Crippen LogP contribution < -0.4 is 12.9 Å². The van der Waals surface area contributed by atoms with Crippen LogP contribution in [0.1, 0.15) is 12.5 Å². The van der Waals surface area contributed by atoms with Crippen LogP contribution in [-0.4, -0.2) is 57.2 Å². The monoisotopic (exact) mass is 442 g/mol. The average molecular weight is 442 g/mol. The Morgan fingerprint density at radius 2 is 1.74 bits per heavy atom. The summed E-state index contributed by atoms with van der Waals surface area (Å²) in [4.78, 5) is 26.0. The zero-order chi connectivity index (χ0) is 22.4. The molecule has 1 aliphatic heterocycles. The molecule has 3 aromatic carbocycles. The molecule has 1 amide bonds. The van der Waals surface area contributed by atoms with E-state index in [4.69, 9.17) is 14.6 Å². The van der Waals surface area contributed by atoms with Gasteiger partial charge in [-0.05, 0) is 17.5 Å². The number of carboxylic acids is 1. The molecule has 0 aromatic heterocycles. The first-order valence-electron chi connectivity index (χ1n) is 9.47. The van der Waals surface area contributed by atoms with E-state index < -0.39 is 5.97 Å². The molecule has 0 fully saturated rings. The molecule has 2 N–H and O–H groups in total. The van der Waals surface area contributed by atoms with Gasteiger partial charge in [0, 0.05) is 6.92 Å². The van der Waals surface area contributed by atoms with E-state index in [9.17, 15) is 4.79 Å². The quantitative estimate of drug-likeness (QED) is 0.474. The van der Waals surface area contributed by atoms with Crippen molar-refractivity contribution in [3.8, 4) is 5.75 Å². The number of carboxylic acid groups (broad SMARTS) is 1. The SMILES string of the molecule is CC(=O)O.COc1ccc2cc(/C=C3\SC(Nc4cc[c]([Na])cc4)=NC3=O)ccc2c1. The third kappa shape index (κ3) is 6.70. The molecule has 152 valence electrons. The summed E-state index contributed by atoms with van der Waals surface area (Å²) in [6, 6.07) is 20.2. The third-order valence-electron chi connectivity index (χ3n) is 4.29. The van der Waals surface area contributed by atoms with Crippen LogP contribution in [0.4, 0.5) is 5.69 Å². The molecule has 31 heavy (non-hydrogen) atoms. The minimum absolute atomic E-state index is 0.211. The van der Waals surface area contributed by atoms with Gasteiger partial charge >= 0.3 is 139 Å². The van der Waals surface area contributed by atoms with Gasteiger partial charge in [-0.3, -0.25) is 4.79 Å². The number of hydrogen-bond acceptors (Lipinski definition) is 5. The number of carbonyl (C=O) groups excluding carboxylic acids is 1. The molecule has 0 saturated carbocycles. The van der Waals surface area contributed by atoms with E-state index in [1.165, 1.54) is 14.6 Å². The van der Waals surface area contributed by atoms with Crippen molar-refractivity contribution in [3.05, 3.63) is 71.1 Å². The number of aliphatic imine (C=N–C) groups is 1. The van der Waals surface area contributed by atoms with Gasteiger partial charge in [-0.2, -0.15) is 0 Å². The van der Waals surface area contributed by atoms with E-state index >= 15 is 0 Å². The van der Waals surface area contributed by atoms with Gasteiger partial charge in [0.25, 0.3) is 5.97 Å². The first-order valence-corrected chi connectivity index (χ1v) is 11.3. The second kappa shape index (κ2) is 10.6. The van der Waals surface area contributed by atoms with Gasteiger partial charge < -0.3 is 9.84 Å². The average Bonchev–Trinajstić information content (AvgIpc) is 3.07. The zero-order valence-corrected chi connectivity index (χ0v) is 20.2. The summed E-state index contributed by atoms with van der Waals surface area (Å²) >= 11 is 2.39. The van der Waals surface area contributed by atoms with Gasteiger partial charge in [-0.15, -0.1) is 0 Å². The fourth-order valence-corrected chi connectivity index (χ4v) is 4.00. The molecule has 1 aliphatic rings. The van der Waals surface area contributed by atoms with E-state index in [2.05, 4.69) is 28.5 Å². The maximum absolute atomic E-state index is 12.3. The van der Waals surface area contributed by atoms with Crippen molar-refractivity contribution in [2.45, 2.75) is 6.92 Å². The molecule has 1 heterocycles. The van der Waals surface area contributed by atoms with Crippen molar-refractivity contribution in [1.29, 1.82) is 0 Å². The van der Waals surface area contributed by atoms with Crippen LogP contribution in [0.25, 0.3) is 16.8 Å². The summed E-state index contributed by atoms with van der Waals surface area (Å²) < 4.78 is 6.59. The number of ether oxygens (including phenoxy) is 1. The van der Waals surface area contributed by atoms with Crippen molar-refractivity contribution in [3.63, 3.8) is 0 Å². The van der Waals surface area contributed by atoms with Crippen LogP contribution in [0.5, 0.6) is 5.75 Å². The van der Waals surface area contributed by atoms with Crippen LogP contribution in [-0.2, 0) is 9.59 Å². The Hall–Kier alpha value is -2.58. The molecule has 6 nitrogen and oxygen atoms in total. The second-order valence-corrected chi connectivity index (χ2v) is 9.00. The van der Waals surface area contributed by atoms with Gasteiger partial charge in [0.05, 0.1) is 7.11 Å². The Bertz CT molecular complexity index is 1190. The summed E-state index contributed by atoms with van der Waals surface area (Å²) in [6.45, 7) is 1.08. The number of methoxy groups -OCH3 is 1. The smallest absolute Gasteiger partial charge is 0.0147 e. The van der Waals surface area contributed by atoms with E-state index in [-0.39, 0.29) is 5.91 Å². The predicted molar refractivity (Wildman–Crippen MR) is 127 cm³/mol. The Kier molecular flexibility index (Phi) is 7.92. The zero-order valence-electron chi connectivity index (χ0n) is 17.4. The van der Waals surface area contributed by atoms with E-state index in [1.54, 1.807) is 7.11 Å². The molecule has 0 saturated heterocycles. The molecular formula is C23H19N2NaO4S. The van der Waals surface area contributed by atoms with Crippen LogP contribution in [0.2, 0.25) is 0 Å². The minimum Gasteiger partial charge on any atom is -0.0147 e. The molecule has 0 aliphatic carbocycles. The number of rotatable bonds is 3.